The number of hydrogen-bond acceptors (Lipinski definition) is 4. The van der Waals surface area contributed by atoms with Gasteiger partial charge in [-0.2, -0.15) is 5.10 Å². The molecule has 3 aromatic carbocycles. The van der Waals surface area contributed by atoms with Crippen LogP contribution in [0.25, 0.3) is 0 Å². The molecule has 0 spiro atoms. The van der Waals surface area contributed by atoms with Crippen molar-refractivity contribution in [2.45, 2.75) is 25.6 Å². The molecule has 0 aliphatic carbocycles. The second-order valence-electron chi connectivity index (χ2n) is 7.17. The Labute approximate surface area is 169 Å². The van der Waals surface area contributed by atoms with E-state index in [1.165, 1.54) is 12.1 Å². The summed E-state index contributed by atoms with van der Waals surface area (Å²) in [7, 11) is 0. The second-order valence-corrected chi connectivity index (χ2v) is 7.17. The number of fused-ring (bicyclic) bond motifs is 3. The molecule has 2 heterocycles. The fraction of sp³-hybridized carbons (Fsp3) is 0.208. The Balaban J connectivity index is 1.58. The lowest BCUT2D eigenvalue weighted by Gasteiger charge is -2.38. The standard InChI is InChI=1S/C24H21FN2O2/c1-2-28-19-12-13-23-20(14-19)22-15-21(16-6-4-3-5-7-16)26-27(22)24(29-23)17-8-10-18(25)11-9-17/h3-14,22,24H,2,15H2,1H3/t22-,24+/m0/s1. The Morgan fingerprint density at radius 1 is 1.07 bits per heavy atom. The molecule has 2 aliphatic heterocycles. The van der Waals surface area contributed by atoms with Gasteiger partial charge in [-0.15, -0.1) is 0 Å². The predicted molar refractivity (Wildman–Crippen MR) is 110 cm³/mol. The molecule has 5 heteroatoms. The molecular weight excluding hydrogens is 367 g/mol. The van der Waals surface area contributed by atoms with Crippen LogP contribution in [-0.4, -0.2) is 17.3 Å². The molecule has 3 aromatic rings. The number of rotatable bonds is 4. The fourth-order valence-corrected chi connectivity index (χ4v) is 3.97. The highest BCUT2D eigenvalue weighted by Crippen LogP contribution is 2.48. The van der Waals surface area contributed by atoms with Crippen molar-refractivity contribution < 1.29 is 13.9 Å². The molecule has 146 valence electrons. The number of halogens is 1. The molecule has 0 radical (unpaired) electrons. The van der Waals surface area contributed by atoms with Crippen LogP contribution in [0, 0.1) is 5.82 Å². The summed E-state index contributed by atoms with van der Waals surface area (Å²) in [5.41, 5.74) is 4.04. The average molecular weight is 388 g/mol. The average Bonchev–Trinajstić information content (AvgIpc) is 3.21. The maximum Gasteiger partial charge on any atom is 0.213 e. The van der Waals surface area contributed by atoms with E-state index >= 15 is 0 Å². The van der Waals surface area contributed by atoms with Crippen LogP contribution >= 0.6 is 0 Å². The van der Waals surface area contributed by atoms with E-state index in [0.717, 1.165) is 40.3 Å². The topological polar surface area (TPSA) is 34.1 Å². The van der Waals surface area contributed by atoms with Gasteiger partial charge in [0.05, 0.1) is 18.4 Å². The molecule has 0 unspecified atom stereocenters. The van der Waals surface area contributed by atoms with Crippen LogP contribution in [0.2, 0.25) is 0 Å². The van der Waals surface area contributed by atoms with Crippen molar-refractivity contribution in [3.63, 3.8) is 0 Å². The maximum absolute atomic E-state index is 13.5. The molecule has 0 aromatic heterocycles. The molecule has 0 fully saturated rings. The SMILES string of the molecule is CCOc1ccc2c(c1)[C@@H]1CC(c3ccccc3)=NN1[C@@H](c1ccc(F)cc1)O2. The van der Waals surface area contributed by atoms with Gasteiger partial charge < -0.3 is 9.47 Å². The lowest BCUT2D eigenvalue weighted by molar-refractivity contribution is -0.0192. The van der Waals surface area contributed by atoms with E-state index in [0.29, 0.717) is 6.61 Å². The Morgan fingerprint density at radius 3 is 2.62 bits per heavy atom. The Hall–Kier alpha value is -3.34. The van der Waals surface area contributed by atoms with Crippen molar-refractivity contribution in [2.75, 3.05) is 6.61 Å². The highest BCUT2D eigenvalue weighted by molar-refractivity contribution is 6.01. The van der Waals surface area contributed by atoms with Gasteiger partial charge in [-0.05, 0) is 42.8 Å². The summed E-state index contributed by atoms with van der Waals surface area (Å²) < 4.78 is 25.5. The van der Waals surface area contributed by atoms with Gasteiger partial charge in [0, 0.05) is 17.5 Å². The Bertz CT molecular complexity index is 1050. The molecule has 29 heavy (non-hydrogen) atoms. The summed E-state index contributed by atoms with van der Waals surface area (Å²) in [5.74, 6) is 1.37. The zero-order valence-corrected chi connectivity index (χ0v) is 16.1. The minimum Gasteiger partial charge on any atom is -0.494 e. The summed E-state index contributed by atoms with van der Waals surface area (Å²) in [6.07, 6.45) is 0.362. The van der Waals surface area contributed by atoms with Gasteiger partial charge in [-0.3, -0.25) is 0 Å². The minimum atomic E-state index is -0.410. The Kier molecular flexibility index (Phi) is 4.43. The van der Waals surface area contributed by atoms with Crippen LogP contribution in [0.15, 0.2) is 77.9 Å². The van der Waals surface area contributed by atoms with Crippen molar-refractivity contribution in [3.8, 4) is 11.5 Å². The largest absolute Gasteiger partial charge is 0.494 e. The molecule has 0 saturated carbocycles. The van der Waals surface area contributed by atoms with E-state index in [2.05, 4.69) is 12.1 Å². The maximum atomic E-state index is 13.5. The zero-order chi connectivity index (χ0) is 19.8. The van der Waals surface area contributed by atoms with E-state index in [9.17, 15) is 4.39 Å². The van der Waals surface area contributed by atoms with Crippen LogP contribution in [0.1, 0.15) is 42.3 Å². The van der Waals surface area contributed by atoms with Crippen LogP contribution < -0.4 is 9.47 Å². The number of nitrogens with zero attached hydrogens (tertiary/aromatic N) is 2. The van der Waals surface area contributed by atoms with Crippen molar-refractivity contribution in [2.24, 2.45) is 5.10 Å². The molecule has 2 aliphatic rings. The smallest absolute Gasteiger partial charge is 0.213 e. The first-order valence-electron chi connectivity index (χ1n) is 9.83. The molecule has 0 saturated heterocycles. The summed E-state index contributed by atoms with van der Waals surface area (Å²) in [4.78, 5) is 0. The molecule has 0 amide bonds. The van der Waals surface area contributed by atoms with E-state index in [4.69, 9.17) is 14.6 Å². The summed E-state index contributed by atoms with van der Waals surface area (Å²) in [6.45, 7) is 2.58. The first-order valence-corrected chi connectivity index (χ1v) is 9.83. The predicted octanol–water partition coefficient (Wildman–Crippen LogP) is 5.47. The molecule has 0 bridgehead atoms. The van der Waals surface area contributed by atoms with Gasteiger partial charge in [0.1, 0.15) is 17.3 Å². The van der Waals surface area contributed by atoms with Crippen LogP contribution in [0.4, 0.5) is 4.39 Å². The van der Waals surface area contributed by atoms with Gasteiger partial charge in [0.15, 0.2) is 0 Å². The molecule has 0 N–H and O–H groups in total. The Morgan fingerprint density at radius 2 is 1.86 bits per heavy atom. The fourth-order valence-electron chi connectivity index (χ4n) is 3.97. The van der Waals surface area contributed by atoms with Gasteiger partial charge in [0.2, 0.25) is 6.23 Å². The number of hydrogen-bond donors (Lipinski definition) is 0. The third-order valence-corrected chi connectivity index (χ3v) is 5.33. The normalized spacial score (nSPS) is 19.8. The quantitative estimate of drug-likeness (QED) is 0.595. The second kappa shape index (κ2) is 7.24. The number of hydrazone groups is 1. The van der Waals surface area contributed by atoms with Gasteiger partial charge in [0.25, 0.3) is 0 Å². The third kappa shape index (κ3) is 3.23. The number of ether oxygens (including phenoxy) is 2. The van der Waals surface area contributed by atoms with Crippen LogP contribution in [0.3, 0.4) is 0 Å². The highest BCUT2D eigenvalue weighted by Gasteiger charge is 2.41. The number of benzene rings is 3. The molecular formula is C24H21FN2O2. The first kappa shape index (κ1) is 17.7. The monoisotopic (exact) mass is 388 g/mol. The highest BCUT2D eigenvalue weighted by atomic mass is 19.1. The van der Waals surface area contributed by atoms with E-state index in [-0.39, 0.29) is 11.9 Å². The van der Waals surface area contributed by atoms with E-state index in [1.807, 2.05) is 48.3 Å². The van der Waals surface area contributed by atoms with E-state index in [1.54, 1.807) is 12.1 Å². The van der Waals surface area contributed by atoms with E-state index < -0.39 is 6.23 Å². The van der Waals surface area contributed by atoms with Crippen LogP contribution in [-0.2, 0) is 0 Å². The third-order valence-electron chi connectivity index (χ3n) is 5.33. The lowest BCUT2D eigenvalue weighted by Crippen LogP contribution is -2.33. The van der Waals surface area contributed by atoms with Crippen LogP contribution in [0.5, 0.6) is 11.5 Å². The van der Waals surface area contributed by atoms with Crippen molar-refractivity contribution in [1.82, 2.24) is 5.01 Å². The summed E-state index contributed by atoms with van der Waals surface area (Å²) >= 11 is 0. The lowest BCUT2D eigenvalue weighted by atomic mass is 9.95. The molecule has 5 rings (SSSR count). The van der Waals surface area contributed by atoms with Crippen molar-refractivity contribution in [1.29, 1.82) is 0 Å². The van der Waals surface area contributed by atoms with Crippen molar-refractivity contribution >= 4 is 5.71 Å². The van der Waals surface area contributed by atoms with Gasteiger partial charge >= 0.3 is 0 Å². The summed E-state index contributed by atoms with van der Waals surface area (Å²) in [5, 5.41) is 6.92. The van der Waals surface area contributed by atoms with Gasteiger partial charge in [-0.25, -0.2) is 9.40 Å². The zero-order valence-electron chi connectivity index (χ0n) is 16.1. The summed E-state index contributed by atoms with van der Waals surface area (Å²) in [6, 6.07) is 22.6. The molecule has 2 atom stereocenters. The van der Waals surface area contributed by atoms with Crippen molar-refractivity contribution in [3.05, 3.63) is 95.3 Å². The molecule has 4 nitrogen and oxygen atoms in total. The first-order chi connectivity index (χ1) is 14.2. The van der Waals surface area contributed by atoms with Gasteiger partial charge in [-0.1, -0.05) is 42.5 Å². The minimum absolute atomic E-state index is 0.0319.